The van der Waals surface area contributed by atoms with Crippen LogP contribution >= 0.6 is 0 Å². The quantitative estimate of drug-likeness (QED) is 0.823. The van der Waals surface area contributed by atoms with E-state index in [-0.39, 0.29) is 5.91 Å². The number of anilines is 1. The molecule has 1 heterocycles. The van der Waals surface area contributed by atoms with E-state index in [1.165, 1.54) is 13.2 Å². The summed E-state index contributed by atoms with van der Waals surface area (Å²) < 4.78 is 15.2. The number of carbonyl (C=O) groups excluding carboxylic acids is 2. The molecule has 2 aromatic rings. The molecule has 23 heavy (non-hydrogen) atoms. The zero-order chi connectivity index (χ0) is 16.8. The summed E-state index contributed by atoms with van der Waals surface area (Å²) in [6.45, 7) is 3.55. The zero-order valence-electron chi connectivity index (χ0n) is 13.2. The summed E-state index contributed by atoms with van der Waals surface area (Å²) in [5.41, 5.74) is 0.354. The van der Waals surface area contributed by atoms with Gasteiger partial charge in [0.1, 0.15) is 11.5 Å². The Balaban J connectivity index is 2.06. The predicted molar refractivity (Wildman–Crippen MR) is 82.4 cm³/mol. The highest BCUT2D eigenvalue weighted by atomic mass is 16.5. The molecule has 1 amide bonds. The van der Waals surface area contributed by atoms with Crippen LogP contribution in [-0.4, -0.2) is 30.2 Å². The van der Waals surface area contributed by atoms with Gasteiger partial charge in [0.2, 0.25) is 0 Å². The smallest absolute Gasteiger partial charge is 0.337 e. The van der Waals surface area contributed by atoms with E-state index in [9.17, 15) is 9.59 Å². The van der Waals surface area contributed by atoms with Crippen LogP contribution in [0.3, 0.4) is 0 Å². The predicted octanol–water partition coefficient (Wildman–Crippen LogP) is 2.57. The largest absolute Gasteiger partial charge is 0.481 e. The summed E-state index contributed by atoms with van der Waals surface area (Å²) in [5.74, 6) is 0.527. The molecule has 0 fully saturated rings. The van der Waals surface area contributed by atoms with Crippen LogP contribution in [0, 0.1) is 6.92 Å². The third kappa shape index (κ3) is 4.32. The van der Waals surface area contributed by atoms with Gasteiger partial charge in [-0.1, -0.05) is 18.1 Å². The highest BCUT2D eigenvalue weighted by Gasteiger charge is 2.20. The highest BCUT2D eigenvalue weighted by molar-refractivity contribution is 5.93. The number of nitrogens with zero attached hydrogens (tertiary/aromatic N) is 1. The van der Waals surface area contributed by atoms with Gasteiger partial charge < -0.3 is 19.3 Å². The second-order valence-corrected chi connectivity index (χ2v) is 4.85. The van der Waals surface area contributed by atoms with Crippen LogP contribution in [0.1, 0.15) is 29.5 Å². The molecule has 1 aromatic carbocycles. The molecule has 0 spiro atoms. The van der Waals surface area contributed by atoms with E-state index in [2.05, 4.69) is 15.2 Å². The van der Waals surface area contributed by atoms with Crippen molar-refractivity contribution in [3.05, 3.63) is 41.7 Å². The van der Waals surface area contributed by atoms with Crippen molar-refractivity contribution in [3.8, 4) is 5.75 Å². The molecule has 0 saturated carbocycles. The van der Waals surface area contributed by atoms with Gasteiger partial charge in [0.25, 0.3) is 5.91 Å². The van der Waals surface area contributed by atoms with Gasteiger partial charge >= 0.3 is 5.97 Å². The van der Waals surface area contributed by atoms with Crippen LogP contribution in [-0.2, 0) is 9.53 Å². The van der Waals surface area contributed by atoms with Gasteiger partial charge in [0.15, 0.2) is 11.9 Å². The SMILES string of the molecule is CC[C@H](Oc1cccc(C(=O)OC)c1)C(=O)Nc1cc(C)on1. The van der Waals surface area contributed by atoms with Crippen LogP contribution < -0.4 is 10.1 Å². The van der Waals surface area contributed by atoms with E-state index in [4.69, 9.17) is 9.26 Å². The Bertz CT molecular complexity index is 695. The van der Waals surface area contributed by atoms with Crippen molar-refractivity contribution in [2.45, 2.75) is 26.4 Å². The van der Waals surface area contributed by atoms with Crippen LogP contribution in [0.2, 0.25) is 0 Å². The third-order valence-electron chi connectivity index (χ3n) is 3.08. The number of aryl methyl sites for hydroxylation is 1. The van der Waals surface area contributed by atoms with Gasteiger partial charge in [-0.05, 0) is 31.5 Å². The molecule has 0 aliphatic carbocycles. The number of benzene rings is 1. The topological polar surface area (TPSA) is 90.7 Å². The lowest BCUT2D eigenvalue weighted by Gasteiger charge is -2.16. The average Bonchev–Trinajstić information content (AvgIpc) is 2.96. The lowest BCUT2D eigenvalue weighted by atomic mass is 10.2. The molecule has 7 heteroatoms. The third-order valence-corrected chi connectivity index (χ3v) is 3.08. The Morgan fingerprint density at radius 1 is 1.35 bits per heavy atom. The molecule has 1 N–H and O–H groups in total. The second-order valence-electron chi connectivity index (χ2n) is 4.85. The van der Waals surface area contributed by atoms with E-state index in [1.807, 2.05) is 6.92 Å². The van der Waals surface area contributed by atoms with Gasteiger partial charge in [-0.15, -0.1) is 0 Å². The van der Waals surface area contributed by atoms with Crippen molar-refractivity contribution in [1.82, 2.24) is 5.16 Å². The van der Waals surface area contributed by atoms with Gasteiger partial charge in [-0.2, -0.15) is 0 Å². The average molecular weight is 318 g/mol. The number of amides is 1. The summed E-state index contributed by atoms with van der Waals surface area (Å²) in [5, 5.41) is 6.33. The minimum Gasteiger partial charge on any atom is -0.481 e. The molecule has 0 unspecified atom stereocenters. The van der Waals surface area contributed by atoms with Crippen molar-refractivity contribution in [2.75, 3.05) is 12.4 Å². The summed E-state index contributed by atoms with van der Waals surface area (Å²) in [7, 11) is 1.30. The molecule has 7 nitrogen and oxygen atoms in total. The van der Waals surface area contributed by atoms with Crippen LogP contribution in [0.5, 0.6) is 5.75 Å². The summed E-state index contributed by atoms with van der Waals surface area (Å²) in [6.07, 6.45) is -0.273. The second kappa shape index (κ2) is 7.44. The number of hydrogen-bond donors (Lipinski definition) is 1. The molecule has 0 aliphatic heterocycles. The molecular formula is C16H18N2O5. The van der Waals surface area contributed by atoms with Crippen LogP contribution in [0.4, 0.5) is 5.82 Å². The number of ether oxygens (including phenoxy) is 2. The minimum absolute atomic E-state index is 0.331. The van der Waals surface area contributed by atoms with Gasteiger partial charge in [0, 0.05) is 6.07 Å². The van der Waals surface area contributed by atoms with Gasteiger partial charge in [0.05, 0.1) is 12.7 Å². The number of rotatable bonds is 6. The standard InChI is InChI=1S/C16H18N2O5/c1-4-13(15(19)17-14-8-10(2)23-18-14)22-12-7-5-6-11(9-12)16(20)21-3/h5-9,13H,4H2,1-3H3,(H,17,18,19)/t13-/m0/s1. The van der Waals surface area contributed by atoms with Crippen molar-refractivity contribution >= 4 is 17.7 Å². The van der Waals surface area contributed by atoms with Crippen molar-refractivity contribution in [3.63, 3.8) is 0 Å². The lowest BCUT2D eigenvalue weighted by Crippen LogP contribution is -2.32. The highest BCUT2D eigenvalue weighted by Crippen LogP contribution is 2.18. The fraction of sp³-hybridized carbons (Fsp3) is 0.312. The number of nitrogens with one attached hydrogen (secondary N) is 1. The molecule has 2 rings (SSSR count). The number of esters is 1. The molecule has 0 aliphatic rings. The first-order chi connectivity index (χ1) is 11.0. The first-order valence-electron chi connectivity index (χ1n) is 7.12. The van der Waals surface area contributed by atoms with E-state index in [1.54, 1.807) is 31.2 Å². The fourth-order valence-corrected chi connectivity index (χ4v) is 1.93. The van der Waals surface area contributed by atoms with Gasteiger partial charge in [-0.25, -0.2) is 4.79 Å². The summed E-state index contributed by atoms with van der Waals surface area (Å²) in [6, 6.07) is 8.08. The molecule has 1 atom stereocenters. The minimum atomic E-state index is -0.722. The Hall–Kier alpha value is -2.83. The monoisotopic (exact) mass is 318 g/mol. The van der Waals surface area contributed by atoms with E-state index >= 15 is 0 Å². The maximum Gasteiger partial charge on any atom is 0.337 e. The maximum absolute atomic E-state index is 12.2. The summed E-state index contributed by atoms with van der Waals surface area (Å²) >= 11 is 0. The van der Waals surface area contributed by atoms with E-state index in [0.29, 0.717) is 29.3 Å². The summed E-state index contributed by atoms with van der Waals surface area (Å²) in [4.78, 5) is 23.7. The molecule has 0 bridgehead atoms. The fourth-order valence-electron chi connectivity index (χ4n) is 1.93. The molecule has 1 aromatic heterocycles. The van der Waals surface area contributed by atoms with Crippen LogP contribution in [0.25, 0.3) is 0 Å². The Kier molecular flexibility index (Phi) is 5.35. The maximum atomic E-state index is 12.2. The molecule has 0 radical (unpaired) electrons. The number of aromatic nitrogens is 1. The first kappa shape index (κ1) is 16.5. The normalized spacial score (nSPS) is 11.6. The Morgan fingerprint density at radius 2 is 2.13 bits per heavy atom. The number of methoxy groups -OCH3 is 1. The molecule has 122 valence electrons. The van der Waals surface area contributed by atoms with Crippen molar-refractivity contribution in [1.29, 1.82) is 0 Å². The Morgan fingerprint density at radius 3 is 2.74 bits per heavy atom. The number of hydrogen-bond acceptors (Lipinski definition) is 6. The molecule has 0 saturated heterocycles. The van der Waals surface area contributed by atoms with Gasteiger partial charge in [-0.3, -0.25) is 4.79 Å². The zero-order valence-corrected chi connectivity index (χ0v) is 13.2. The number of carbonyl (C=O) groups is 2. The molecular weight excluding hydrogens is 300 g/mol. The lowest BCUT2D eigenvalue weighted by molar-refractivity contribution is -0.122. The van der Waals surface area contributed by atoms with Crippen molar-refractivity contribution in [2.24, 2.45) is 0 Å². The van der Waals surface area contributed by atoms with Crippen molar-refractivity contribution < 1.29 is 23.6 Å². The van der Waals surface area contributed by atoms with E-state index < -0.39 is 12.1 Å². The first-order valence-corrected chi connectivity index (χ1v) is 7.12. The Labute approximate surface area is 133 Å². The van der Waals surface area contributed by atoms with E-state index in [0.717, 1.165) is 0 Å². The van der Waals surface area contributed by atoms with Crippen LogP contribution in [0.15, 0.2) is 34.9 Å².